The summed E-state index contributed by atoms with van der Waals surface area (Å²) < 4.78 is 68.9. The molecular formula is C11H10BrNO. The second-order valence-electron chi connectivity index (χ2n) is 2.59. The van der Waals surface area contributed by atoms with Crippen molar-refractivity contribution >= 4 is 32.6 Å². The number of rotatable bonds is 1. The van der Waals surface area contributed by atoms with Crippen molar-refractivity contribution in [1.82, 2.24) is 4.57 Å². The van der Waals surface area contributed by atoms with Gasteiger partial charge in [-0.25, -0.2) is 0 Å². The van der Waals surface area contributed by atoms with Gasteiger partial charge in [0, 0.05) is 36.1 Å². The lowest BCUT2D eigenvalue weighted by Crippen LogP contribution is -2.00. The Hall–Kier alpha value is -1.09. The van der Waals surface area contributed by atoms with E-state index < -0.39 is 43.5 Å². The smallest absolute Gasteiger partial charge is 0.176 e. The summed E-state index contributed by atoms with van der Waals surface area (Å²) in [5, 5.41) is -0.241. The number of fused-ring (bicyclic) bond motifs is 1. The lowest BCUT2D eigenvalue weighted by Gasteiger charge is -1.99. The molecule has 14 heavy (non-hydrogen) atoms. The molecule has 0 atom stereocenters. The van der Waals surface area contributed by atoms with Gasteiger partial charge in [-0.1, -0.05) is 15.9 Å². The second kappa shape index (κ2) is 3.24. The van der Waals surface area contributed by atoms with Gasteiger partial charge in [0.15, 0.2) is 5.78 Å². The van der Waals surface area contributed by atoms with E-state index in [-0.39, 0.29) is 21.4 Å². The van der Waals surface area contributed by atoms with Gasteiger partial charge in [0.1, 0.15) is 0 Å². The van der Waals surface area contributed by atoms with E-state index in [1.807, 2.05) is 0 Å². The number of aryl methyl sites for hydroxylation is 1. The molecule has 0 bridgehead atoms. The van der Waals surface area contributed by atoms with Gasteiger partial charge in [0.05, 0.1) is 11.2 Å². The van der Waals surface area contributed by atoms with Crippen molar-refractivity contribution < 1.29 is 17.1 Å². The van der Waals surface area contributed by atoms with Crippen LogP contribution in [0.15, 0.2) is 28.6 Å². The summed E-state index contributed by atoms with van der Waals surface area (Å²) in [5.41, 5.74) is -1.04. The molecule has 2 rings (SSSR count). The van der Waals surface area contributed by atoms with Crippen LogP contribution in [-0.4, -0.2) is 10.4 Å². The van der Waals surface area contributed by atoms with E-state index in [0.29, 0.717) is 4.57 Å². The molecule has 0 spiro atoms. The van der Waals surface area contributed by atoms with E-state index >= 15 is 0 Å². The minimum absolute atomic E-state index is 0.0833. The van der Waals surface area contributed by atoms with Crippen LogP contribution in [0.1, 0.15) is 29.7 Å². The Morgan fingerprint density at radius 2 is 2.43 bits per heavy atom. The molecule has 0 fully saturated rings. The van der Waals surface area contributed by atoms with Crippen LogP contribution in [0, 0.1) is 0 Å². The molecule has 0 amide bonds. The van der Waals surface area contributed by atoms with Crippen LogP contribution >= 0.6 is 15.9 Å². The molecule has 1 aromatic carbocycles. The Balaban J connectivity index is 3.10. The highest BCUT2D eigenvalue weighted by atomic mass is 79.9. The van der Waals surface area contributed by atoms with Crippen molar-refractivity contribution in [1.29, 1.82) is 0 Å². The standard InChI is InChI=1S/C11H10BrNO/c1-7(14)11-6-8-5-9(12)3-4-10(8)13(11)2/h3-6H,1-2H3/i1D3,2D2,3D,4D,5D,6D. The van der Waals surface area contributed by atoms with Crippen molar-refractivity contribution in [2.75, 3.05) is 0 Å². The molecule has 0 radical (unpaired) electrons. The number of aromatic nitrogens is 1. The largest absolute Gasteiger partial charge is 0.341 e. The van der Waals surface area contributed by atoms with Crippen LogP contribution in [0.5, 0.6) is 0 Å². The van der Waals surface area contributed by atoms with Crippen molar-refractivity contribution in [2.45, 2.75) is 6.85 Å². The van der Waals surface area contributed by atoms with Gasteiger partial charge in [-0.2, -0.15) is 0 Å². The number of carbonyl (C=O) groups is 1. The monoisotopic (exact) mass is 260 g/mol. The topological polar surface area (TPSA) is 22.0 Å². The molecule has 0 saturated heterocycles. The van der Waals surface area contributed by atoms with E-state index in [0.717, 1.165) is 0 Å². The molecule has 1 heterocycles. The first-order valence-electron chi connectivity index (χ1n) is 8.25. The van der Waals surface area contributed by atoms with Crippen LogP contribution in [0.3, 0.4) is 0 Å². The SMILES string of the molecule is [2H]c1c(Br)c([2H])c2c([2H])c(C(=O)C([2H])([2H])[2H])n(C([2H])[2H])c2c1[2H]. The second-order valence-corrected chi connectivity index (χ2v) is 3.38. The molecule has 0 aliphatic carbocycles. The number of hydrogen-bond donors (Lipinski definition) is 0. The number of nitrogens with zero attached hydrogens (tertiary/aromatic N) is 1. The maximum atomic E-state index is 12.1. The van der Waals surface area contributed by atoms with Crippen LogP contribution in [0.25, 0.3) is 10.9 Å². The molecule has 1 aromatic heterocycles. The summed E-state index contributed by atoms with van der Waals surface area (Å²) in [4.78, 5) is 12.1. The van der Waals surface area contributed by atoms with E-state index in [1.165, 1.54) is 0 Å². The Labute approximate surface area is 103 Å². The molecule has 0 saturated carbocycles. The molecule has 2 aromatic rings. The third-order valence-corrected chi connectivity index (χ3v) is 2.10. The minimum atomic E-state index is -3.10. The highest BCUT2D eigenvalue weighted by Gasteiger charge is 2.08. The predicted molar refractivity (Wildman–Crippen MR) is 60.6 cm³/mol. The molecule has 2 nitrogen and oxygen atoms in total. The fraction of sp³-hybridized carbons (Fsp3) is 0.182. The average Bonchev–Trinajstić information content (AvgIpc) is 2.74. The number of hydrogen-bond acceptors (Lipinski definition) is 1. The number of halogens is 1. The lowest BCUT2D eigenvalue weighted by atomic mass is 10.2. The number of benzene rings is 1. The quantitative estimate of drug-likeness (QED) is 0.723. The van der Waals surface area contributed by atoms with E-state index in [4.69, 9.17) is 12.3 Å². The van der Waals surface area contributed by atoms with Crippen molar-refractivity contribution in [3.63, 3.8) is 0 Å². The Morgan fingerprint density at radius 3 is 3.14 bits per heavy atom. The van der Waals surface area contributed by atoms with E-state index in [9.17, 15) is 4.79 Å². The molecular weight excluding hydrogens is 242 g/mol. The van der Waals surface area contributed by atoms with Crippen LogP contribution < -0.4 is 0 Å². The summed E-state index contributed by atoms with van der Waals surface area (Å²) in [5.74, 6) is -1.44. The van der Waals surface area contributed by atoms with Crippen molar-refractivity contribution in [3.8, 4) is 0 Å². The summed E-state index contributed by atoms with van der Waals surface area (Å²) >= 11 is 2.96. The molecule has 0 aliphatic heterocycles. The van der Waals surface area contributed by atoms with Crippen molar-refractivity contribution in [2.24, 2.45) is 7.00 Å². The first kappa shape index (κ1) is 3.49. The van der Waals surface area contributed by atoms with Gasteiger partial charge >= 0.3 is 0 Å². The van der Waals surface area contributed by atoms with Gasteiger partial charge in [0.2, 0.25) is 0 Å². The average molecular weight is 261 g/mol. The minimum Gasteiger partial charge on any atom is -0.341 e. The summed E-state index contributed by atoms with van der Waals surface area (Å²) in [6.07, 6.45) is 0. The summed E-state index contributed by atoms with van der Waals surface area (Å²) in [6.45, 7) is -5.01. The van der Waals surface area contributed by atoms with Gasteiger partial charge < -0.3 is 4.57 Å². The Morgan fingerprint density at radius 1 is 1.57 bits per heavy atom. The maximum Gasteiger partial charge on any atom is 0.176 e. The Kier molecular flexibility index (Phi) is 0.808. The third kappa shape index (κ3) is 1.38. The van der Waals surface area contributed by atoms with Crippen LogP contribution in [-0.2, 0) is 7.00 Å². The maximum absolute atomic E-state index is 12.1. The summed E-state index contributed by atoms with van der Waals surface area (Å²) in [6, 6.07) is -1.91. The zero-order chi connectivity index (χ0) is 17.9. The van der Waals surface area contributed by atoms with E-state index in [2.05, 4.69) is 15.9 Å². The molecule has 3 heteroatoms. The normalized spacial score (nSPS) is 21.1. The first-order valence-corrected chi connectivity index (χ1v) is 4.39. The Bertz CT molecular complexity index is 824. The van der Waals surface area contributed by atoms with Crippen LogP contribution in [0.4, 0.5) is 0 Å². The molecule has 0 aliphatic rings. The number of carbonyl (C=O) groups excluding carboxylic acids is 1. The first-order chi connectivity index (χ1) is 10.4. The molecule has 0 unspecified atom stereocenters. The highest BCUT2D eigenvalue weighted by Crippen LogP contribution is 2.22. The molecule has 0 N–H and O–H groups in total. The van der Waals surface area contributed by atoms with Gasteiger partial charge in [-0.3, -0.25) is 4.79 Å². The number of ketones is 1. The van der Waals surface area contributed by atoms with Gasteiger partial charge in [-0.15, -0.1) is 0 Å². The fourth-order valence-corrected chi connectivity index (χ4v) is 1.40. The molecule has 72 valence electrons. The van der Waals surface area contributed by atoms with Crippen LogP contribution in [0.2, 0.25) is 0 Å². The zero-order valence-corrected chi connectivity index (χ0v) is 8.40. The van der Waals surface area contributed by atoms with Gasteiger partial charge in [-0.05, 0) is 24.2 Å². The lowest BCUT2D eigenvalue weighted by molar-refractivity contribution is 0.101. The third-order valence-electron chi connectivity index (χ3n) is 1.70. The summed E-state index contributed by atoms with van der Waals surface area (Å²) in [7, 11) is 0. The van der Waals surface area contributed by atoms with E-state index in [1.54, 1.807) is 0 Å². The zero-order valence-electron chi connectivity index (χ0n) is 15.8. The fourth-order valence-electron chi connectivity index (χ4n) is 1.10. The van der Waals surface area contributed by atoms with Crippen molar-refractivity contribution in [3.05, 3.63) is 34.3 Å². The number of Topliss-reactive ketones (excluding diaryl/α,β-unsaturated/α-hetero) is 1. The van der Waals surface area contributed by atoms with Gasteiger partial charge in [0.25, 0.3) is 0 Å². The predicted octanol–water partition coefficient (Wildman–Crippen LogP) is 3.14. The highest BCUT2D eigenvalue weighted by molar-refractivity contribution is 9.10.